The monoisotopic (exact) mass is 164 g/mol. The van der Waals surface area contributed by atoms with E-state index < -0.39 is 7.91 Å². The van der Waals surface area contributed by atoms with Crippen LogP contribution < -0.4 is 0 Å². The Morgan fingerprint density at radius 2 is 1.90 bits per heavy atom. The van der Waals surface area contributed by atoms with Gasteiger partial charge in [-0.3, -0.25) is 4.52 Å². The fraction of sp³-hybridized carbons (Fsp3) is 1.00. The lowest BCUT2D eigenvalue weighted by atomic mass is 10.2. The van der Waals surface area contributed by atoms with E-state index in [0.717, 1.165) is 25.7 Å². The highest BCUT2D eigenvalue weighted by Gasteiger charge is 1.90. The molecule has 0 N–H and O–H groups in total. The van der Waals surface area contributed by atoms with Crippen LogP contribution in [0.4, 0.5) is 0 Å². The van der Waals surface area contributed by atoms with Crippen molar-refractivity contribution in [3.8, 4) is 0 Å². The van der Waals surface area contributed by atoms with Crippen molar-refractivity contribution >= 4 is 7.91 Å². The first-order valence-electron chi connectivity index (χ1n) is 3.54. The van der Waals surface area contributed by atoms with Gasteiger partial charge in [-0.25, -0.2) is 9.13 Å². The molecule has 0 atom stereocenters. The maximum Gasteiger partial charge on any atom is 0.468 e. The molecule has 0 spiro atoms. The zero-order valence-electron chi connectivity index (χ0n) is 6.21. The van der Waals surface area contributed by atoms with Crippen LogP contribution in [-0.4, -0.2) is 6.61 Å². The standard InChI is InChI=1S/C6H13O3P/c1-2-3-4-5-6-9-10(7)8/h2-6H2,1H3. The van der Waals surface area contributed by atoms with Crippen molar-refractivity contribution < 1.29 is 13.7 Å². The van der Waals surface area contributed by atoms with Crippen LogP contribution in [-0.2, 0) is 13.7 Å². The fourth-order valence-electron chi connectivity index (χ4n) is 0.668. The van der Waals surface area contributed by atoms with E-state index in [2.05, 4.69) is 11.4 Å². The summed E-state index contributed by atoms with van der Waals surface area (Å²) in [6.07, 6.45) is 4.21. The lowest BCUT2D eigenvalue weighted by Gasteiger charge is -1.93. The molecule has 60 valence electrons. The van der Waals surface area contributed by atoms with E-state index in [4.69, 9.17) is 0 Å². The Balaban J connectivity index is 2.91. The van der Waals surface area contributed by atoms with E-state index >= 15 is 0 Å². The average molecular weight is 164 g/mol. The molecular formula is C6H13O3P. The van der Waals surface area contributed by atoms with E-state index in [9.17, 15) is 9.13 Å². The minimum absolute atomic E-state index is 0.346. The van der Waals surface area contributed by atoms with Gasteiger partial charge in [0.1, 0.15) is 0 Å². The summed E-state index contributed by atoms with van der Waals surface area (Å²) in [6, 6.07) is 0. The number of rotatable bonds is 6. The van der Waals surface area contributed by atoms with Gasteiger partial charge in [-0.15, -0.1) is 0 Å². The molecule has 0 aromatic rings. The summed E-state index contributed by atoms with van der Waals surface area (Å²) in [4.78, 5) is 0. The molecule has 0 saturated carbocycles. The Kier molecular flexibility index (Phi) is 6.88. The summed E-state index contributed by atoms with van der Waals surface area (Å²) >= 11 is 0. The molecule has 0 aliphatic rings. The summed E-state index contributed by atoms with van der Waals surface area (Å²) in [5, 5.41) is 0. The van der Waals surface area contributed by atoms with Gasteiger partial charge in [-0.2, -0.15) is 0 Å². The molecule has 0 aromatic carbocycles. The van der Waals surface area contributed by atoms with Crippen LogP contribution in [0.3, 0.4) is 0 Å². The van der Waals surface area contributed by atoms with Crippen LogP contribution in [0.15, 0.2) is 0 Å². The predicted molar refractivity (Wildman–Crippen MR) is 38.4 cm³/mol. The quantitative estimate of drug-likeness (QED) is 0.447. The second kappa shape index (κ2) is 6.97. The van der Waals surface area contributed by atoms with Crippen LogP contribution in [0.1, 0.15) is 32.6 Å². The van der Waals surface area contributed by atoms with Crippen LogP contribution >= 0.6 is 7.91 Å². The van der Waals surface area contributed by atoms with Gasteiger partial charge in [0.25, 0.3) is 0 Å². The Morgan fingerprint density at radius 3 is 2.40 bits per heavy atom. The minimum Gasteiger partial charge on any atom is -0.271 e. The number of hydrogen-bond donors (Lipinski definition) is 0. The van der Waals surface area contributed by atoms with Crippen molar-refractivity contribution in [3.05, 3.63) is 0 Å². The highest BCUT2D eigenvalue weighted by Crippen LogP contribution is 2.07. The largest absolute Gasteiger partial charge is 0.468 e. The smallest absolute Gasteiger partial charge is 0.271 e. The third-order valence-corrected chi connectivity index (χ3v) is 1.59. The number of hydrogen-bond acceptors (Lipinski definition) is 3. The lowest BCUT2D eigenvalue weighted by Crippen LogP contribution is -1.84. The number of unbranched alkanes of at least 4 members (excludes halogenated alkanes) is 3. The molecule has 0 heterocycles. The van der Waals surface area contributed by atoms with Gasteiger partial charge in [0.2, 0.25) is 0 Å². The Bertz CT molecular complexity index is 123. The van der Waals surface area contributed by atoms with Crippen molar-refractivity contribution in [2.45, 2.75) is 32.6 Å². The fourth-order valence-corrected chi connectivity index (χ4v) is 0.946. The van der Waals surface area contributed by atoms with Crippen LogP contribution in [0, 0.1) is 0 Å². The predicted octanol–water partition coefficient (Wildman–Crippen LogP) is 2.67. The SMILES string of the molecule is CCCCCCOP(=O)=O. The first kappa shape index (κ1) is 9.86. The lowest BCUT2D eigenvalue weighted by molar-refractivity contribution is 0.295. The van der Waals surface area contributed by atoms with Crippen molar-refractivity contribution in [1.29, 1.82) is 0 Å². The summed E-state index contributed by atoms with van der Waals surface area (Å²) in [5.41, 5.74) is 0. The van der Waals surface area contributed by atoms with Crippen LogP contribution in [0.25, 0.3) is 0 Å². The normalized spacial score (nSPS) is 9.70. The maximum absolute atomic E-state index is 9.85. The molecule has 0 unspecified atom stereocenters. The molecule has 0 fully saturated rings. The molecule has 10 heavy (non-hydrogen) atoms. The highest BCUT2D eigenvalue weighted by molar-refractivity contribution is 7.24. The van der Waals surface area contributed by atoms with Crippen molar-refractivity contribution in [1.82, 2.24) is 0 Å². The van der Waals surface area contributed by atoms with Gasteiger partial charge in [0, 0.05) is 0 Å². The summed E-state index contributed by atoms with van der Waals surface area (Å²) in [5.74, 6) is 0. The second-order valence-electron chi connectivity index (χ2n) is 2.12. The molecule has 0 aliphatic carbocycles. The molecule has 3 nitrogen and oxygen atoms in total. The molecule has 0 saturated heterocycles. The molecule has 0 bridgehead atoms. The Labute approximate surface area is 61.7 Å². The molecule has 4 heteroatoms. The first-order valence-corrected chi connectivity index (χ1v) is 4.64. The zero-order valence-corrected chi connectivity index (χ0v) is 7.10. The first-order chi connectivity index (χ1) is 4.77. The summed E-state index contributed by atoms with van der Waals surface area (Å²) in [7, 11) is -2.62. The van der Waals surface area contributed by atoms with E-state index in [-0.39, 0.29) is 0 Å². The van der Waals surface area contributed by atoms with Gasteiger partial charge in [-0.1, -0.05) is 26.2 Å². The molecular weight excluding hydrogens is 151 g/mol. The van der Waals surface area contributed by atoms with Crippen molar-refractivity contribution in [2.75, 3.05) is 6.61 Å². The molecule has 0 aromatic heterocycles. The second-order valence-corrected chi connectivity index (χ2v) is 2.82. The zero-order chi connectivity index (χ0) is 7.82. The van der Waals surface area contributed by atoms with E-state index in [1.807, 2.05) is 0 Å². The average Bonchev–Trinajstić information content (AvgIpc) is 1.87. The van der Waals surface area contributed by atoms with E-state index in [1.165, 1.54) is 0 Å². The van der Waals surface area contributed by atoms with Gasteiger partial charge in [0.15, 0.2) is 0 Å². The van der Waals surface area contributed by atoms with Gasteiger partial charge in [0.05, 0.1) is 6.61 Å². The third-order valence-electron chi connectivity index (χ3n) is 1.19. The van der Waals surface area contributed by atoms with Crippen molar-refractivity contribution in [2.24, 2.45) is 0 Å². The summed E-state index contributed by atoms with van der Waals surface area (Å²) in [6.45, 7) is 2.45. The third kappa shape index (κ3) is 7.86. The van der Waals surface area contributed by atoms with E-state index in [0.29, 0.717) is 6.61 Å². The Morgan fingerprint density at radius 1 is 1.20 bits per heavy atom. The topological polar surface area (TPSA) is 43.4 Å². The van der Waals surface area contributed by atoms with Gasteiger partial charge in [-0.05, 0) is 6.42 Å². The molecule has 0 aliphatic heterocycles. The molecule has 0 radical (unpaired) electrons. The van der Waals surface area contributed by atoms with Gasteiger partial charge >= 0.3 is 7.91 Å². The minimum atomic E-state index is -2.62. The van der Waals surface area contributed by atoms with E-state index in [1.54, 1.807) is 0 Å². The molecule has 0 rings (SSSR count). The van der Waals surface area contributed by atoms with Crippen LogP contribution in [0.5, 0.6) is 0 Å². The maximum atomic E-state index is 9.85. The van der Waals surface area contributed by atoms with Crippen molar-refractivity contribution in [3.63, 3.8) is 0 Å². The van der Waals surface area contributed by atoms with Crippen LogP contribution in [0.2, 0.25) is 0 Å². The molecule has 0 amide bonds. The van der Waals surface area contributed by atoms with Gasteiger partial charge < -0.3 is 0 Å². The summed E-state index contributed by atoms with van der Waals surface area (Å²) < 4.78 is 24.0. The highest BCUT2D eigenvalue weighted by atomic mass is 31.1. The Hall–Kier alpha value is -0.140.